The standard InChI is InChI=1S/C29H48N5O11P/c1-3-5-7-9-11-13-22(35)41-15-20(44-23(36)14-12-10-8-6-4-2)16-42-46(39,40)43-17-21-25(37)26(38)29(45-21)34-19-33-24-27(30)31-18-32-28(24)34/h18-21,25-26,29,37-38H,3-17H2,1-2H3,(H,39,40)(H2,30,31,32)/p-1/t20-,21-,25-,26-,29-/m1/s1. The number of unbranched alkanes of at least 4 members (excludes halogenated alkanes) is 8. The molecule has 1 saturated heterocycles. The summed E-state index contributed by atoms with van der Waals surface area (Å²) in [5.41, 5.74) is 6.30. The van der Waals surface area contributed by atoms with Crippen molar-refractivity contribution in [3.63, 3.8) is 0 Å². The summed E-state index contributed by atoms with van der Waals surface area (Å²) in [4.78, 5) is 49.3. The molecule has 0 aliphatic carbocycles. The number of rotatable bonds is 22. The van der Waals surface area contributed by atoms with Gasteiger partial charge in [0.15, 0.2) is 23.8 Å². The molecule has 46 heavy (non-hydrogen) atoms. The van der Waals surface area contributed by atoms with Crippen LogP contribution in [-0.4, -0.2) is 85.9 Å². The molecule has 0 spiro atoms. The summed E-state index contributed by atoms with van der Waals surface area (Å²) < 4.78 is 40.2. The lowest BCUT2D eigenvalue weighted by molar-refractivity contribution is -0.231. The summed E-state index contributed by atoms with van der Waals surface area (Å²) in [5, 5.41) is 21.1. The minimum Gasteiger partial charge on any atom is -0.756 e. The lowest BCUT2D eigenvalue weighted by atomic mass is 10.1. The van der Waals surface area contributed by atoms with Crippen molar-refractivity contribution in [1.29, 1.82) is 0 Å². The number of anilines is 1. The topological polar surface area (TPSA) is 230 Å². The zero-order valence-corrected chi connectivity index (χ0v) is 27.4. The maximum atomic E-state index is 12.6. The first-order valence-electron chi connectivity index (χ1n) is 16.0. The summed E-state index contributed by atoms with van der Waals surface area (Å²) in [6.07, 6.45) is 5.45. The zero-order chi connectivity index (χ0) is 33.5. The third-order valence-corrected chi connectivity index (χ3v) is 8.44. The van der Waals surface area contributed by atoms with Crippen LogP contribution in [-0.2, 0) is 37.4 Å². The van der Waals surface area contributed by atoms with Crippen LogP contribution in [0.15, 0.2) is 12.7 Å². The molecule has 2 aromatic rings. The van der Waals surface area contributed by atoms with Crippen LogP contribution >= 0.6 is 7.82 Å². The van der Waals surface area contributed by atoms with Gasteiger partial charge in [0.05, 0.1) is 19.5 Å². The van der Waals surface area contributed by atoms with Gasteiger partial charge < -0.3 is 44.1 Å². The van der Waals surface area contributed by atoms with Crippen LogP contribution < -0.4 is 10.6 Å². The van der Waals surface area contributed by atoms with Gasteiger partial charge in [-0.25, -0.2) is 15.0 Å². The Kier molecular flexibility index (Phi) is 15.7. The number of carbonyl (C=O) groups is 2. The fraction of sp³-hybridized carbons (Fsp3) is 0.759. The normalized spacial score (nSPS) is 21.7. The van der Waals surface area contributed by atoms with Crippen molar-refractivity contribution in [1.82, 2.24) is 19.5 Å². The number of carbonyl (C=O) groups excluding carboxylic acids is 2. The first-order valence-corrected chi connectivity index (χ1v) is 17.4. The Hall–Kier alpha value is -2.72. The molecule has 3 rings (SSSR count). The van der Waals surface area contributed by atoms with Gasteiger partial charge in [-0.3, -0.25) is 18.7 Å². The molecule has 1 aliphatic rings. The van der Waals surface area contributed by atoms with Gasteiger partial charge in [-0.1, -0.05) is 65.2 Å². The van der Waals surface area contributed by atoms with Crippen molar-refractivity contribution < 1.29 is 52.5 Å². The third-order valence-electron chi connectivity index (χ3n) is 7.51. The Morgan fingerprint density at radius 1 is 0.957 bits per heavy atom. The van der Waals surface area contributed by atoms with Crippen molar-refractivity contribution in [3.8, 4) is 0 Å². The number of fused-ring (bicyclic) bond motifs is 1. The largest absolute Gasteiger partial charge is 0.756 e. The van der Waals surface area contributed by atoms with E-state index >= 15 is 0 Å². The average molecular weight is 673 g/mol. The number of esters is 2. The average Bonchev–Trinajstić information content (AvgIpc) is 3.58. The van der Waals surface area contributed by atoms with Crippen molar-refractivity contribution in [2.24, 2.45) is 0 Å². The second-order valence-corrected chi connectivity index (χ2v) is 12.7. The van der Waals surface area contributed by atoms with E-state index in [0.29, 0.717) is 12.8 Å². The van der Waals surface area contributed by atoms with Gasteiger partial charge in [-0.05, 0) is 12.8 Å². The molecular formula is C29H47N5O11P-. The zero-order valence-electron chi connectivity index (χ0n) is 26.5. The van der Waals surface area contributed by atoms with E-state index in [9.17, 15) is 29.3 Å². The smallest absolute Gasteiger partial charge is 0.306 e. The second kappa shape index (κ2) is 19.2. The van der Waals surface area contributed by atoms with E-state index in [4.69, 9.17) is 29.0 Å². The Morgan fingerprint density at radius 2 is 1.61 bits per heavy atom. The van der Waals surface area contributed by atoms with Crippen LogP contribution in [0.5, 0.6) is 0 Å². The molecule has 17 heteroatoms. The first-order chi connectivity index (χ1) is 22.1. The van der Waals surface area contributed by atoms with Crippen LogP contribution in [0, 0.1) is 0 Å². The molecule has 1 aliphatic heterocycles. The van der Waals surface area contributed by atoms with E-state index in [1.165, 1.54) is 17.2 Å². The molecule has 0 aromatic carbocycles. The fourth-order valence-corrected chi connectivity index (χ4v) is 5.65. The van der Waals surface area contributed by atoms with Crippen LogP contribution in [0.25, 0.3) is 11.2 Å². The molecule has 0 bridgehead atoms. The number of aliphatic hydroxyl groups is 2. The number of hydrogen-bond acceptors (Lipinski definition) is 15. The molecular weight excluding hydrogens is 625 g/mol. The van der Waals surface area contributed by atoms with Gasteiger partial charge in [-0.2, -0.15) is 0 Å². The SMILES string of the molecule is CCCCCCCC(=O)OC[C@H](COP(=O)([O-])OC[C@H]1O[C@@H](n2cnc3c(N)ncnc32)[C@H](O)[C@@H]1O)OC(=O)CCCCCCC. The molecule has 16 nitrogen and oxygen atoms in total. The van der Waals surface area contributed by atoms with Crippen LogP contribution in [0.4, 0.5) is 5.82 Å². The Bertz CT molecular complexity index is 1280. The Balaban J connectivity index is 1.52. The third kappa shape index (κ3) is 11.8. The van der Waals surface area contributed by atoms with Crippen molar-refractivity contribution in [3.05, 3.63) is 12.7 Å². The summed E-state index contributed by atoms with van der Waals surface area (Å²) >= 11 is 0. The number of aliphatic hydroxyl groups excluding tert-OH is 2. The molecule has 0 saturated carbocycles. The Morgan fingerprint density at radius 3 is 2.28 bits per heavy atom. The van der Waals surface area contributed by atoms with Gasteiger partial charge >= 0.3 is 11.9 Å². The van der Waals surface area contributed by atoms with Gasteiger partial charge in [0.2, 0.25) is 0 Å². The van der Waals surface area contributed by atoms with E-state index in [0.717, 1.165) is 51.4 Å². The summed E-state index contributed by atoms with van der Waals surface area (Å²) in [5.74, 6) is -0.947. The quantitative estimate of drug-likeness (QED) is 0.0927. The van der Waals surface area contributed by atoms with E-state index in [-0.39, 0.29) is 36.4 Å². The molecule has 0 radical (unpaired) electrons. The van der Waals surface area contributed by atoms with Gasteiger partial charge in [0.1, 0.15) is 36.8 Å². The number of nitrogens with zero attached hydrogens (tertiary/aromatic N) is 4. The van der Waals surface area contributed by atoms with E-state index < -0.39 is 63.6 Å². The maximum absolute atomic E-state index is 12.6. The second-order valence-electron chi connectivity index (χ2n) is 11.3. The predicted octanol–water partition coefficient (Wildman–Crippen LogP) is 2.71. The number of phosphoric ester groups is 1. The minimum atomic E-state index is -5.03. The van der Waals surface area contributed by atoms with Crippen LogP contribution in [0.2, 0.25) is 0 Å². The molecule has 0 amide bonds. The van der Waals surface area contributed by atoms with Crippen LogP contribution in [0.3, 0.4) is 0 Å². The summed E-state index contributed by atoms with van der Waals surface area (Å²) in [6.45, 7) is 2.43. The summed E-state index contributed by atoms with van der Waals surface area (Å²) in [7, 11) is -5.03. The molecule has 1 fully saturated rings. The molecule has 3 heterocycles. The van der Waals surface area contributed by atoms with Gasteiger partial charge in [0, 0.05) is 12.8 Å². The lowest BCUT2D eigenvalue weighted by Crippen LogP contribution is -2.34. The Labute approximate surface area is 268 Å². The highest BCUT2D eigenvalue weighted by molar-refractivity contribution is 7.45. The van der Waals surface area contributed by atoms with E-state index in [1.54, 1.807) is 0 Å². The van der Waals surface area contributed by atoms with E-state index in [1.807, 2.05) is 0 Å². The van der Waals surface area contributed by atoms with Crippen molar-refractivity contribution in [2.75, 3.05) is 25.6 Å². The number of phosphoric acid groups is 1. The lowest BCUT2D eigenvalue weighted by Gasteiger charge is -2.27. The van der Waals surface area contributed by atoms with Crippen molar-refractivity contribution >= 4 is 36.7 Å². The molecule has 4 N–H and O–H groups in total. The predicted molar refractivity (Wildman–Crippen MR) is 163 cm³/mol. The minimum absolute atomic E-state index is 0.106. The molecule has 260 valence electrons. The maximum Gasteiger partial charge on any atom is 0.306 e. The molecule has 1 unspecified atom stereocenters. The number of ether oxygens (including phenoxy) is 3. The highest BCUT2D eigenvalue weighted by atomic mass is 31.2. The number of imidazole rings is 1. The fourth-order valence-electron chi connectivity index (χ4n) is 4.89. The highest BCUT2D eigenvalue weighted by Crippen LogP contribution is 2.41. The number of aromatic nitrogens is 4. The van der Waals surface area contributed by atoms with Gasteiger partial charge in [-0.15, -0.1) is 0 Å². The van der Waals surface area contributed by atoms with Crippen molar-refractivity contribution in [2.45, 2.75) is 122 Å². The monoisotopic (exact) mass is 672 g/mol. The van der Waals surface area contributed by atoms with Gasteiger partial charge in [0.25, 0.3) is 7.82 Å². The molecule has 6 atom stereocenters. The molecule has 2 aromatic heterocycles. The number of nitrogen functional groups attached to an aromatic ring is 1. The first kappa shape index (κ1) is 37.7. The van der Waals surface area contributed by atoms with E-state index in [2.05, 4.69) is 28.8 Å². The highest BCUT2D eigenvalue weighted by Gasteiger charge is 2.45. The number of nitrogens with two attached hydrogens (primary N) is 1. The number of hydrogen-bond donors (Lipinski definition) is 3. The van der Waals surface area contributed by atoms with Crippen LogP contribution in [0.1, 0.15) is 97.1 Å². The summed E-state index contributed by atoms with van der Waals surface area (Å²) in [6, 6.07) is 0.